The Bertz CT molecular complexity index is 1250. The Kier molecular flexibility index (Phi) is 6.23. The smallest absolute Gasteiger partial charge is 0.269 e. The molecule has 0 fully saturated rings. The first-order valence-electron chi connectivity index (χ1n) is 9.79. The van der Waals surface area contributed by atoms with Crippen LogP contribution in [-0.4, -0.2) is 22.4 Å². The van der Waals surface area contributed by atoms with E-state index >= 15 is 0 Å². The fourth-order valence-corrected chi connectivity index (χ4v) is 4.00. The normalized spacial score (nSPS) is 10.5. The molecule has 4 aromatic rings. The molecule has 32 heavy (non-hydrogen) atoms. The number of non-ortho nitro benzene ring substituents is 1. The molecule has 4 rings (SSSR count). The molecule has 8 heteroatoms. The van der Waals surface area contributed by atoms with Crippen LogP contribution in [0.25, 0.3) is 21.8 Å². The van der Waals surface area contributed by atoms with Gasteiger partial charge < -0.3 is 10.1 Å². The van der Waals surface area contributed by atoms with E-state index in [0.29, 0.717) is 11.4 Å². The summed E-state index contributed by atoms with van der Waals surface area (Å²) in [7, 11) is 0. The summed E-state index contributed by atoms with van der Waals surface area (Å²) >= 11 is 1.60. The third kappa shape index (κ3) is 4.98. The first-order chi connectivity index (χ1) is 15.5. The van der Waals surface area contributed by atoms with Crippen LogP contribution in [0.3, 0.4) is 0 Å². The van der Waals surface area contributed by atoms with E-state index in [1.54, 1.807) is 11.3 Å². The Morgan fingerprint density at radius 3 is 2.47 bits per heavy atom. The molecule has 0 bridgehead atoms. The monoisotopic (exact) mass is 445 g/mol. The molecule has 7 nitrogen and oxygen atoms in total. The number of aryl methyl sites for hydroxylation is 1. The number of aromatic nitrogens is 1. The van der Waals surface area contributed by atoms with Crippen molar-refractivity contribution in [3.05, 3.63) is 93.9 Å². The van der Waals surface area contributed by atoms with Crippen LogP contribution >= 0.6 is 11.3 Å². The van der Waals surface area contributed by atoms with Gasteiger partial charge in [-0.25, -0.2) is 4.98 Å². The highest BCUT2D eigenvalue weighted by Crippen LogP contribution is 2.31. The summed E-state index contributed by atoms with van der Waals surface area (Å²) in [5, 5.41) is 16.4. The maximum Gasteiger partial charge on any atom is 0.269 e. The van der Waals surface area contributed by atoms with Crippen molar-refractivity contribution in [3.63, 3.8) is 0 Å². The summed E-state index contributed by atoms with van der Waals surface area (Å²) in [5.41, 5.74) is 4.75. The van der Waals surface area contributed by atoms with Crippen LogP contribution in [0.2, 0.25) is 0 Å². The number of nitro benzene ring substituents is 1. The molecule has 3 aromatic carbocycles. The number of nitrogens with one attached hydrogen (secondary N) is 1. The minimum absolute atomic E-state index is 0.0342. The summed E-state index contributed by atoms with van der Waals surface area (Å²) in [6.45, 7) is 1.87. The van der Waals surface area contributed by atoms with Crippen molar-refractivity contribution < 1.29 is 14.5 Å². The Morgan fingerprint density at radius 2 is 1.78 bits per heavy atom. The first kappa shape index (κ1) is 21.2. The highest BCUT2D eigenvalue weighted by molar-refractivity contribution is 7.13. The van der Waals surface area contributed by atoms with Gasteiger partial charge in [-0.15, -0.1) is 11.3 Å². The molecule has 160 valence electrons. The highest BCUT2D eigenvalue weighted by Gasteiger charge is 2.10. The summed E-state index contributed by atoms with van der Waals surface area (Å²) in [5.74, 6) is 0.0562. The maximum absolute atomic E-state index is 12.2. The maximum atomic E-state index is 12.2. The molecule has 0 saturated carbocycles. The Morgan fingerprint density at radius 1 is 1.06 bits per heavy atom. The molecule has 1 aromatic heterocycles. The minimum atomic E-state index is -0.491. The molecule has 1 N–H and O–H groups in total. The van der Waals surface area contributed by atoms with E-state index in [1.807, 2.05) is 41.8 Å². The lowest BCUT2D eigenvalue weighted by Crippen LogP contribution is -2.20. The van der Waals surface area contributed by atoms with Gasteiger partial charge >= 0.3 is 0 Å². The third-order valence-electron chi connectivity index (χ3n) is 4.76. The number of nitro groups is 1. The zero-order valence-corrected chi connectivity index (χ0v) is 18.0. The number of anilines is 1. The number of amides is 1. The van der Waals surface area contributed by atoms with Gasteiger partial charge in [0.25, 0.3) is 11.6 Å². The number of nitrogens with zero attached hydrogens (tertiary/aromatic N) is 2. The number of hydrogen-bond acceptors (Lipinski definition) is 6. The lowest BCUT2D eigenvalue weighted by atomic mass is 10.1. The van der Waals surface area contributed by atoms with Crippen LogP contribution in [0.1, 0.15) is 5.56 Å². The summed E-state index contributed by atoms with van der Waals surface area (Å²) in [6.07, 6.45) is 0. The van der Waals surface area contributed by atoms with Crippen LogP contribution in [0.4, 0.5) is 11.4 Å². The topological polar surface area (TPSA) is 94.4 Å². The molecular weight excluding hydrogens is 426 g/mol. The van der Waals surface area contributed by atoms with Gasteiger partial charge in [-0.1, -0.05) is 36.4 Å². The standard InChI is InChI=1S/C24H19N3O4S/c1-16-4-2-3-5-21(16)24-26-22(15-32-24)17-6-8-18(9-7-17)25-23(28)14-31-20-12-10-19(11-13-20)27(29)30/h2-13,15H,14H2,1H3,(H,25,28). The van der Waals surface area contributed by atoms with Crippen molar-refractivity contribution in [2.24, 2.45) is 0 Å². The average molecular weight is 446 g/mol. The number of thiazole rings is 1. The predicted octanol–water partition coefficient (Wildman–Crippen LogP) is 5.71. The van der Waals surface area contributed by atoms with Crippen molar-refractivity contribution in [3.8, 4) is 27.6 Å². The first-order valence-corrected chi connectivity index (χ1v) is 10.7. The van der Waals surface area contributed by atoms with Crippen molar-refractivity contribution in [1.29, 1.82) is 0 Å². The molecule has 0 spiro atoms. The minimum Gasteiger partial charge on any atom is -0.484 e. The van der Waals surface area contributed by atoms with Crippen LogP contribution in [0.5, 0.6) is 5.75 Å². The molecule has 1 heterocycles. The summed E-state index contributed by atoms with van der Waals surface area (Å²) in [4.78, 5) is 27.1. The van der Waals surface area contributed by atoms with Gasteiger partial charge in [-0.05, 0) is 36.8 Å². The van der Waals surface area contributed by atoms with E-state index in [-0.39, 0.29) is 18.2 Å². The van der Waals surface area contributed by atoms with E-state index in [0.717, 1.165) is 21.8 Å². The zero-order valence-electron chi connectivity index (χ0n) is 17.1. The van der Waals surface area contributed by atoms with Crippen LogP contribution in [0, 0.1) is 17.0 Å². The highest BCUT2D eigenvalue weighted by atomic mass is 32.1. The van der Waals surface area contributed by atoms with Gasteiger partial charge in [0.15, 0.2) is 6.61 Å². The third-order valence-corrected chi connectivity index (χ3v) is 5.64. The van der Waals surface area contributed by atoms with Gasteiger partial charge in [-0.3, -0.25) is 14.9 Å². The molecule has 0 unspecified atom stereocenters. The fraction of sp³-hybridized carbons (Fsp3) is 0.0833. The quantitative estimate of drug-likeness (QED) is 0.290. The van der Waals surface area contributed by atoms with Gasteiger partial charge in [0.1, 0.15) is 10.8 Å². The number of hydrogen-bond donors (Lipinski definition) is 1. The van der Waals surface area contributed by atoms with Gasteiger partial charge in [0.2, 0.25) is 0 Å². The summed E-state index contributed by atoms with van der Waals surface area (Å²) in [6, 6.07) is 21.2. The number of ether oxygens (including phenoxy) is 1. The zero-order chi connectivity index (χ0) is 22.5. The molecule has 0 aliphatic carbocycles. The Balaban J connectivity index is 1.35. The van der Waals surface area contributed by atoms with E-state index in [2.05, 4.69) is 24.4 Å². The Labute approximate surface area is 188 Å². The largest absolute Gasteiger partial charge is 0.484 e. The van der Waals surface area contributed by atoms with Crippen LogP contribution < -0.4 is 10.1 Å². The van der Waals surface area contributed by atoms with Gasteiger partial charge in [0.05, 0.1) is 10.6 Å². The van der Waals surface area contributed by atoms with Crippen molar-refractivity contribution in [2.75, 3.05) is 11.9 Å². The number of carbonyl (C=O) groups excluding carboxylic acids is 1. The molecule has 0 atom stereocenters. The molecular formula is C24H19N3O4S. The second-order valence-electron chi connectivity index (χ2n) is 7.02. The predicted molar refractivity (Wildman–Crippen MR) is 125 cm³/mol. The van der Waals surface area contributed by atoms with E-state index < -0.39 is 4.92 Å². The van der Waals surface area contributed by atoms with Gasteiger partial charge in [-0.2, -0.15) is 0 Å². The molecule has 0 saturated heterocycles. The van der Waals surface area contributed by atoms with E-state index in [9.17, 15) is 14.9 Å². The van der Waals surface area contributed by atoms with Crippen LogP contribution in [-0.2, 0) is 4.79 Å². The lowest BCUT2D eigenvalue weighted by molar-refractivity contribution is -0.384. The van der Waals surface area contributed by atoms with Crippen LogP contribution in [0.15, 0.2) is 78.2 Å². The van der Waals surface area contributed by atoms with E-state index in [1.165, 1.54) is 29.8 Å². The lowest BCUT2D eigenvalue weighted by Gasteiger charge is -2.08. The number of rotatable bonds is 7. The second-order valence-corrected chi connectivity index (χ2v) is 7.88. The summed E-state index contributed by atoms with van der Waals surface area (Å²) < 4.78 is 5.38. The second kappa shape index (κ2) is 9.40. The number of carbonyl (C=O) groups is 1. The van der Waals surface area contributed by atoms with E-state index in [4.69, 9.17) is 9.72 Å². The van der Waals surface area contributed by atoms with Crippen molar-refractivity contribution >= 4 is 28.6 Å². The molecule has 0 aliphatic rings. The number of benzene rings is 3. The SMILES string of the molecule is Cc1ccccc1-c1nc(-c2ccc(NC(=O)COc3ccc([N+](=O)[O-])cc3)cc2)cs1. The van der Waals surface area contributed by atoms with Crippen molar-refractivity contribution in [2.45, 2.75) is 6.92 Å². The molecule has 0 radical (unpaired) electrons. The molecule has 0 aliphatic heterocycles. The fourth-order valence-electron chi connectivity index (χ4n) is 3.08. The average Bonchev–Trinajstić information content (AvgIpc) is 3.29. The van der Waals surface area contributed by atoms with Crippen molar-refractivity contribution in [1.82, 2.24) is 4.98 Å². The Hall–Kier alpha value is -4.04. The van der Waals surface area contributed by atoms with Gasteiger partial charge in [0, 0.05) is 34.3 Å². The molecule has 1 amide bonds.